The van der Waals surface area contributed by atoms with E-state index >= 15 is 0 Å². The van der Waals surface area contributed by atoms with Gasteiger partial charge in [-0.25, -0.2) is 0 Å². The maximum absolute atomic E-state index is 10.6. The standard InChI is InChI=1S/C17H29NO/c1-6-14-7-9-15(10-8-14)17(19)16(13(4)5)18-11-12(2)3/h7-10,12-13,16-19H,6,11H2,1-5H3. The van der Waals surface area contributed by atoms with Crippen molar-refractivity contribution in [2.45, 2.75) is 53.2 Å². The number of rotatable bonds is 7. The molecule has 1 rings (SSSR count). The first kappa shape index (κ1) is 16.2. The van der Waals surface area contributed by atoms with Crippen LogP contribution in [0.4, 0.5) is 0 Å². The van der Waals surface area contributed by atoms with E-state index in [1.165, 1.54) is 5.56 Å². The van der Waals surface area contributed by atoms with Crippen LogP contribution in [0.5, 0.6) is 0 Å². The number of nitrogens with one attached hydrogen (secondary N) is 1. The lowest BCUT2D eigenvalue weighted by Gasteiger charge is -2.29. The molecule has 2 unspecified atom stereocenters. The highest BCUT2D eigenvalue weighted by Gasteiger charge is 2.23. The third kappa shape index (κ3) is 4.96. The maximum atomic E-state index is 10.6. The van der Waals surface area contributed by atoms with Crippen LogP contribution >= 0.6 is 0 Å². The minimum Gasteiger partial charge on any atom is -0.387 e. The van der Waals surface area contributed by atoms with Gasteiger partial charge in [0.1, 0.15) is 0 Å². The molecular weight excluding hydrogens is 234 g/mol. The Morgan fingerprint density at radius 2 is 1.63 bits per heavy atom. The van der Waals surface area contributed by atoms with E-state index in [1.807, 2.05) is 0 Å². The molecule has 0 radical (unpaired) electrons. The van der Waals surface area contributed by atoms with Crippen molar-refractivity contribution in [3.63, 3.8) is 0 Å². The molecule has 1 aromatic carbocycles. The van der Waals surface area contributed by atoms with Gasteiger partial charge in [-0.05, 0) is 35.9 Å². The van der Waals surface area contributed by atoms with E-state index in [-0.39, 0.29) is 6.04 Å². The third-order valence-corrected chi connectivity index (χ3v) is 3.55. The van der Waals surface area contributed by atoms with Gasteiger partial charge in [0.25, 0.3) is 0 Å². The van der Waals surface area contributed by atoms with Crippen LogP contribution in [0.25, 0.3) is 0 Å². The van der Waals surface area contributed by atoms with Crippen molar-refractivity contribution in [1.29, 1.82) is 0 Å². The first-order valence-electron chi connectivity index (χ1n) is 7.46. The molecule has 2 heteroatoms. The summed E-state index contributed by atoms with van der Waals surface area (Å²) in [6.45, 7) is 11.8. The monoisotopic (exact) mass is 263 g/mol. The first-order chi connectivity index (χ1) is 8.95. The lowest BCUT2D eigenvalue weighted by molar-refractivity contribution is 0.103. The van der Waals surface area contributed by atoms with Crippen molar-refractivity contribution in [2.24, 2.45) is 11.8 Å². The van der Waals surface area contributed by atoms with Crippen LogP contribution < -0.4 is 5.32 Å². The van der Waals surface area contributed by atoms with Crippen molar-refractivity contribution in [1.82, 2.24) is 5.32 Å². The molecule has 0 saturated heterocycles. The van der Waals surface area contributed by atoms with E-state index in [1.54, 1.807) is 0 Å². The average molecular weight is 263 g/mol. The topological polar surface area (TPSA) is 32.3 Å². The largest absolute Gasteiger partial charge is 0.387 e. The molecule has 0 saturated carbocycles. The summed E-state index contributed by atoms with van der Waals surface area (Å²) in [6.07, 6.45) is 0.597. The van der Waals surface area contributed by atoms with Gasteiger partial charge < -0.3 is 10.4 Å². The van der Waals surface area contributed by atoms with E-state index in [4.69, 9.17) is 0 Å². The molecule has 2 atom stereocenters. The lowest BCUT2D eigenvalue weighted by atomic mass is 9.92. The Morgan fingerprint density at radius 3 is 2.05 bits per heavy atom. The molecule has 0 aliphatic heterocycles. The van der Waals surface area contributed by atoms with Gasteiger partial charge in [0, 0.05) is 6.04 Å². The highest BCUT2D eigenvalue weighted by molar-refractivity contribution is 5.25. The van der Waals surface area contributed by atoms with E-state index in [2.05, 4.69) is 64.2 Å². The van der Waals surface area contributed by atoms with E-state index in [0.29, 0.717) is 11.8 Å². The number of hydrogen-bond donors (Lipinski definition) is 2. The second kappa shape index (κ2) is 7.66. The second-order valence-electron chi connectivity index (χ2n) is 6.11. The van der Waals surface area contributed by atoms with Gasteiger partial charge in [-0.2, -0.15) is 0 Å². The quantitative estimate of drug-likeness (QED) is 0.788. The molecule has 0 spiro atoms. The highest BCUT2D eigenvalue weighted by Crippen LogP contribution is 2.22. The van der Waals surface area contributed by atoms with Crippen LogP contribution in [-0.2, 0) is 6.42 Å². The molecule has 0 aliphatic rings. The second-order valence-corrected chi connectivity index (χ2v) is 6.11. The summed E-state index contributed by atoms with van der Waals surface area (Å²) in [5.41, 5.74) is 2.32. The van der Waals surface area contributed by atoms with Gasteiger partial charge in [0.2, 0.25) is 0 Å². The Kier molecular flexibility index (Phi) is 6.53. The molecule has 0 amide bonds. The maximum Gasteiger partial charge on any atom is 0.0945 e. The minimum atomic E-state index is -0.440. The van der Waals surface area contributed by atoms with Crippen LogP contribution in [0.3, 0.4) is 0 Å². The van der Waals surface area contributed by atoms with E-state index in [0.717, 1.165) is 18.5 Å². The molecule has 0 fully saturated rings. The zero-order chi connectivity index (χ0) is 14.4. The molecule has 0 heterocycles. The summed E-state index contributed by atoms with van der Waals surface area (Å²) >= 11 is 0. The van der Waals surface area contributed by atoms with Gasteiger partial charge in [-0.3, -0.25) is 0 Å². The molecule has 0 aliphatic carbocycles. The van der Waals surface area contributed by atoms with Gasteiger partial charge in [0.15, 0.2) is 0 Å². The van der Waals surface area contributed by atoms with Gasteiger partial charge in [-0.15, -0.1) is 0 Å². The lowest BCUT2D eigenvalue weighted by Crippen LogP contribution is -2.41. The number of hydrogen-bond acceptors (Lipinski definition) is 2. The van der Waals surface area contributed by atoms with Crippen molar-refractivity contribution in [3.05, 3.63) is 35.4 Å². The molecule has 2 nitrogen and oxygen atoms in total. The Hall–Kier alpha value is -0.860. The van der Waals surface area contributed by atoms with Crippen molar-refractivity contribution < 1.29 is 5.11 Å². The van der Waals surface area contributed by atoms with Crippen LogP contribution in [-0.4, -0.2) is 17.7 Å². The Balaban J connectivity index is 2.76. The first-order valence-corrected chi connectivity index (χ1v) is 7.46. The Labute approximate surface area is 118 Å². The fourth-order valence-corrected chi connectivity index (χ4v) is 2.24. The van der Waals surface area contributed by atoms with Crippen molar-refractivity contribution in [2.75, 3.05) is 6.54 Å². The molecule has 1 aromatic rings. The van der Waals surface area contributed by atoms with E-state index < -0.39 is 6.10 Å². The Morgan fingerprint density at radius 1 is 1.05 bits per heavy atom. The molecule has 0 aromatic heterocycles. The summed E-state index contributed by atoms with van der Waals surface area (Å²) in [7, 11) is 0. The Bertz CT molecular complexity index is 356. The van der Waals surface area contributed by atoms with Gasteiger partial charge >= 0.3 is 0 Å². The third-order valence-electron chi connectivity index (χ3n) is 3.55. The van der Waals surface area contributed by atoms with Crippen LogP contribution in [0, 0.1) is 11.8 Å². The molecule has 2 N–H and O–H groups in total. The summed E-state index contributed by atoms with van der Waals surface area (Å²) < 4.78 is 0. The summed E-state index contributed by atoms with van der Waals surface area (Å²) in [6, 6.07) is 8.43. The highest BCUT2D eigenvalue weighted by atomic mass is 16.3. The summed E-state index contributed by atoms with van der Waals surface area (Å²) in [4.78, 5) is 0. The van der Waals surface area contributed by atoms with Crippen LogP contribution in [0.1, 0.15) is 51.8 Å². The fraction of sp³-hybridized carbons (Fsp3) is 0.647. The predicted octanol–water partition coefficient (Wildman–Crippen LogP) is 3.55. The van der Waals surface area contributed by atoms with Gasteiger partial charge in [0.05, 0.1) is 6.10 Å². The SMILES string of the molecule is CCc1ccc(C(O)C(NCC(C)C)C(C)C)cc1. The zero-order valence-electron chi connectivity index (χ0n) is 13.0. The predicted molar refractivity (Wildman–Crippen MR) is 82.2 cm³/mol. The fourth-order valence-electron chi connectivity index (χ4n) is 2.24. The van der Waals surface area contributed by atoms with E-state index in [9.17, 15) is 5.11 Å². The van der Waals surface area contributed by atoms with Crippen molar-refractivity contribution in [3.8, 4) is 0 Å². The normalized spacial score (nSPS) is 14.9. The van der Waals surface area contributed by atoms with Crippen molar-refractivity contribution >= 4 is 0 Å². The zero-order valence-corrected chi connectivity index (χ0v) is 13.0. The number of aryl methyl sites for hydroxylation is 1. The summed E-state index contributed by atoms with van der Waals surface area (Å²) in [5, 5.41) is 14.1. The summed E-state index contributed by atoms with van der Waals surface area (Å²) in [5.74, 6) is 0.996. The van der Waals surface area contributed by atoms with Crippen LogP contribution in [0.15, 0.2) is 24.3 Å². The number of aliphatic hydroxyl groups is 1. The molecular formula is C17H29NO. The number of benzene rings is 1. The van der Waals surface area contributed by atoms with Gasteiger partial charge in [-0.1, -0.05) is 58.9 Å². The minimum absolute atomic E-state index is 0.106. The average Bonchev–Trinajstić information content (AvgIpc) is 2.38. The number of aliphatic hydroxyl groups excluding tert-OH is 1. The molecule has 108 valence electrons. The molecule has 0 bridgehead atoms. The van der Waals surface area contributed by atoms with Crippen LogP contribution in [0.2, 0.25) is 0 Å². The molecule has 19 heavy (non-hydrogen) atoms. The smallest absolute Gasteiger partial charge is 0.0945 e.